The molecule has 6 atom stereocenters. The van der Waals surface area contributed by atoms with E-state index in [-0.39, 0.29) is 30.1 Å². The van der Waals surface area contributed by atoms with Gasteiger partial charge in [-0.3, -0.25) is 4.79 Å². The van der Waals surface area contributed by atoms with E-state index in [1.54, 1.807) is 0 Å². The zero-order valence-corrected chi connectivity index (χ0v) is 12.2. The van der Waals surface area contributed by atoms with Gasteiger partial charge in [0.2, 0.25) is 5.91 Å². The van der Waals surface area contributed by atoms with Crippen LogP contribution in [-0.4, -0.2) is 39.8 Å². The number of hydrogen-bond acceptors (Lipinski definition) is 4. The summed E-state index contributed by atoms with van der Waals surface area (Å²) in [5.74, 6) is -1.33. The SMILES string of the molecule is CC(C)C[C@H](N)C(=O)N[C@@]1(C(=O)O)C[C@H](O)[C@H]2[C@H](C)[C@H]21. The van der Waals surface area contributed by atoms with Gasteiger partial charge in [0.05, 0.1) is 12.1 Å². The molecule has 2 saturated carbocycles. The van der Waals surface area contributed by atoms with Crippen molar-refractivity contribution in [2.24, 2.45) is 29.4 Å². The molecular weight excluding hydrogens is 260 g/mol. The van der Waals surface area contributed by atoms with Gasteiger partial charge in [-0.05, 0) is 24.2 Å². The second kappa shape index (κ2) is 5.00. The van der Waals surface area contributed by atoms with Crippen LogP contribution in [-0.2, 0) is 9.59 Å². The fourth-order valence-corrected chi connectivity index (χ4v) is 3.81. The molecule has 0 unspecified atom stereocenters. The van der Waals surface area contributed by atoms with Crippen LogP contribution >= 0.6 is 0 Å². The van der Waals surface area contributed by atoms with Gasteiger partial charge in [0.25, 0.3) is 0 Å². The molecule has 0 aromatic heterocycles. The van der Waals surface area contributed by atoms with Crippen LogP contribution in [0.15, 0.2) is 0 Å². The molecule has 20 heavy (non-hydrogen) atoms. The number of carboxylic acid groups (broad SMARTS) is 1. The van der Waals surface area contributed by atoms with E-state index >= 15 is 0 Å². The Morgan fingerprint density at radius 3 is 2.45 bits per heavy atom. The lowest BCUT2D eigenvalue weighted by Crippen LogP contribution is -2.59. The third kappa shape index (κ3) is 2.31. The third-order valence-electron chi connectivity index (χ3n) is 4.78. The van der Waals surface area contributed by atoms with Gasteiger partial charge >= 0.3 is 5.97 Å². The van der Waals surface area contributed by atoms with E-state index in [0.717, 1.165) is 0 Å². The van der Waals surface area contributed by atoms with Crippen LogP contribution < -0.4 is 11.1 Å². The largest absolute Gasteiger partial charge is 0.479 e. The number of aliphatic hydroxyl groups is 1. The van der Waals surface area contributed by atoms with Gasteiger partial charge in [0, 0.05) is 12.3 Å². The molecular formula is C14H24N2O4. The van der Waals surface area contributed by atoms with Crippen LogP contribution in [0.3, 0.4) is 0 Å². The summed E-state index contributed by atoms with van der Waals surface area (Å²) in [5.41, 5.74) is 4.46. The normalized spacial score (nSPS) is 40.3. The van der Waals surface area contributed by atoms with E-state index in [4.69, 9.17) is 5.73 Å². The summed E-state index contributed by atoms with van der Waals surface area (Å²) in [6.45, 7) is 5.83. The molecule has 0 radical (unpaired) electrons. The summed E-state index contributed by atoms with van der Waals surface area (Å²) in [6.07, 6.45) is -0.0803. The Morgan fingerprint density at radius 2 is 2.05 bits per heavy atom. The molecule has 6 nitrogen and oxygen atoms in total. The van der Waals surface area contributed by atoms with E-state index in [1.165, 1.54) is 0 Å². The number of nitrogens with one attached hydrogen (secondary N) is 1. The molecule has 2 aliphatic rings. The molecule has 5 N–H and O–H groups in total. The van der Waals surface area contributed by atoms with Crippen molar-refractivity contribution in [1.82, 2.24) is 5.32 Å². The first-order valence-corrected chi connectivity index (χ1v) is 7.19. The maximum Gasteiger partial charge on any atom is 0.329 e. The van der Waals surface area contributed by atoms with Gasteiger partial charge < -0.3 is 21.3 Å². The molecule has 2 fully saturated rings. The second-order valence-corrected chi connectivity index (χ2v) is 6.74. The molecule has 0 bridgehead atoms. The van der Waals surface area contributed by atoms with Crippen LogP contribution in [0.2, 0.25) is 0 Å². The summed E-state index contributed by atoms with van der Waals surface area (Å²) in [5, 5.41) is 22.1. The van der Waals surface area contributed by atoms with Gasteiger partial charge in [-0.2, -0.15) is 0 Å². The number of aliphatic hydroxyl groups excluding tert-OH is 1. The van der Waals surface area contributed by atoms with Gasteiger partial charge in [-0.25, -0.2) is 4.79 Å². The average Bonchev–Trinajstić information content (AvgIpc) is 2.88. The second-order valence-electron chi connectivity index (χ2n) is 6.74. The predicted molar refractivity (Wildman–Crippen MR) is 72.7 cm³/mol. The van der Waals surface area contributed by atoms with E-state index in [9.17, 15) is 19.8 Å². The number of nitrogens with two attached hydrogens (primary N) is 1. The van der Waals surface area contributed by atoms with Crippen molar-refractivity contribution >= 4 is 11.9 Å². The summed E-state index contributed by atoms with van der Waals surface area (Å²) < 4.78 is 0. The summed E-state index contributed by atoms with van der Waals surface area (Å²) in [4.78, 5) is 23.8. The van der Waals surface area contributed by atoms with Gasteiger partial charge in [-0.1, -0.05) is 20.8 Å². The number of aliphatic carboxylic acids is 1. The first-order valence-electron chi connectivity index (χ1n) is 7.19. The molecule has 0 aromatic rings. The summed E-state index contributed by atoms with van der Waals surface area (Å²) in [6, 6.07) is -0.712. The third-order valence-corrected chi connectivity index (χ3v) is 4.78. The number of carbonyl (C=O) groups excluding carboxylic acids is 1. The molecule has 0 spiro atoms. The fraction of sp³-hybridized carbons (Fsp3) is 0.857. The topological polar surface area (TPSA) is 113 Å². The molecule has 2 rings (SSSR count). The van der Waals surface area contributed by atoms with Crippen LogP contribution in [0, 0.1) is 23.7 Å². The van der Waals surface area contributed by atoms with Crippen LogP contribution in [0.4, 0.5) is 0 Å². The van der Waals surface area contributed by atoms with Crippen molar-refractivity contribution < 1.29 is 19.8 Å². The molecule has 0 saturated heterocycles. The zero-order valence-electron chi connectivity index (χ0n) is 12.2. The summed E-state index contributed by atoms with van der Waals surface area (Å²) >= 11 is 0. The van der Waals surface area contributed by atoms with Crippen molar-refractivity contribution in [3.05, 3.63) is 0 Å². The quantitative estimate of drug-likeness (QED) is 0.565. The Hall–Kier alpha value is -1.14. The first-order chi connectivity index (χ1) is 9.20. The van der Waals surface area contributed by atoms with E-state index in [2.05, 4.69) is 5.32 Å². The van der Waals surface area contributed by atoms with E-state index in [0.29, 0.717) is 6.42 Å². The van der Waals surface area contributed by atoms with Crippen molar-refractivity contribution in [1.29, 1.82) is 0 Å². The summed E-state index contributed by atoms with van der Waals surface area (Å²) in [7, 11) is 0. The molecule has 1 amide bonds. The zero-order chi connectivity index (χ0) is 15.2. The Balaban J connectivity index is 2.12. The highest BCUT2D eigenvalue weighted by atomic mass is 16.4. The lowest BCUT2D eigenvalue weighted by molar-refractivity contribution is -0.149. The molecule has 0 aromatic carbocycles. The number of amides is 1. The number of hydrogen-bond donors (Lipinski definition) is 4. The van der Waals surface area contributed by atoms with Crippen LogP contribution in [0.1, 0.15) is 33.6 Å². The van der Waals surface area contributed by atoms with Crippen molar-refractivity contribution in [3.63, 3.8) is 0 Å². The highest BCUT2D eigenvalue weighted by Gasteiger charge is 2.71. The minimum absolute atomic E-state index is 0.0206. The Labute approximate surface area is 118 Å². The highest BCUT2D eigenvalue weighted by molar-refractivity contribution is 5.90. The number of fused-ring (bicyclic) bond motifs is 1. The van der Waals surface area contributed by atoms with E-state index < -0.39 is 29.6 Å². The minimum Gasteiger partial charge on any atom is -0.479 e. The van der Waals surface area contributed by atoms with Crippen LogP contribution in [0.25, 0.3) is 0 Å². The fourth-order valence-electron chi connectivity index (χ4n) is 3.81. The Bertz CT molecular complexity index is 425. The minimum atomic E-state index is -1.35. The van der Waals surface area contributed by atoms with Crippen molar-refractivity contribution in [3.8, 4) is 0 Å². The monoisotopic (exact) mass is 284 g/mol. The maximum atomic E-state index is 12.1. The lowest BCUT2D eigenvalue weighted by atomic mass is 9.89. The molecule has 0 aliphatic heterocycles. The molecule has 0 heterocycles. The number of carboxylic acids is 1. The first kappa shape index (κ1) is 15.3. The van der Waals surface area contributed by atoms with Crippen molar-refractivity contribution in [2.75, 3.05) is 0 Å². The standard InChI is InChI=1S/C14H24N2O4/c1-6(2)4-8(15)12(18)16-14(13(19)20)5-9(17)10-7(3)11(10)14/h6-11,17H,4-5,15H2,1-3H3,(H,16,18)(H,19,20)/t7-,8-,9-,10+,11+,14-/m0/s1. The van der Waals surface area contributed by atoms with Gasteiger partial charge in [0.1, 0.15) is 5.54 Å². The number of carbonyl (C=O) groups is 2. The number of rotatable bonds is 5. The Kier molecular flexibility index (Phi) is 3.81. The predicted octanol–water partition coefficient (Wildman–Crippen LogP) is -0.0539. The molecule has 114 valence electrons. The van der Waals surface area contributed by atoms with E-state index in [1.807, 2.05) is 20.8 Å². The van der Waals surface area contributed by atoms with Gasteiger partial charge in [-0.15, -0.1) is 0 Å². The maximum absolute atomic E-state index is 12.1. The average molecular weight is 284 g/mol. The molecule has 2 aliphatic carbocycles. The molecule has 6 heteroatoms. The lowest BCUT2D eigenvalue weighted by Gasteiger charge is -2.30. The smallest absolute Gasteiger partial charge is 0.329 e. The Morgan fingerprint density at radius 1 is 1.45 bits per heavy atom. The van der Waals surface area contributed by atoms with Gasteiger partial charge in [0.15, 0.2) is 0 Å². The van der Waals surface area contributed by atoms with Crippen molar-refractivity contribution in [2.45, 2.75) is 51.3 Å². The highest BCUT2D eigenvalue weighted by Crippen LogP contribution is 2.62. The van der Waals surface area contributed by atoms with Crippen LogP contribution in [0.5, 0.6) is 0 Å².